The average molecular weight is 306 g/mol. The quantitative estimate of drug-likeness (QED) is 0.851. The van der Waals surface area contributed by atoms with Gasteiger partial charge in [-0.1, -0.05) is 0 Å². The molecule has 1 unspecified atom stereocenters. The first-order valence-corrected chi connectivity index (χ1v) is 7.68. The molecule has 22 heavy (non-hydrogen) atoms. The van der Waals surface area contributed by atoms with Crippen molar-refractivity contribution in [2.45, 2.75) is 32.9 Å². The Labute approximate surface area is 128 Å². The second kappa shape index (κ2) is 6.52. The van der Waals surface area contributed by atoms with E-state index < -0.39 is 11.6 Å². The standard InChI is InChI=1S/C16H20F2N4/c1-2-22-11-19-20-16(22)10-21-4-3-12(9-21)5-13-6-14(17)8-15(18)7-13/h6-8,11-12H,2-5,9-10H2,1H3. The Bertz CT molecular complexity index is 621. The maximum atomic E-state index is 13.2. The van der Waals surface area contributed by atoms with Gasteiger partial charge in [0.05, 0.1) is 6.54 Å². The van der Waals surface area contributed by atoms with Gasteiger partial charge in [0.15, 0.2) is 0 Å². The summed E-state index contributed by atoms with van der Waals surface area (Å²) in [5, 5.41) is 8.10. The van der Waals surface area contributed by atoms with Crippen LogP contribution in [0.1, 0.15) is 24.7 Å². The van der Waals surface area contributed by atoms with E-state index in [-0.39, 0.29) is 0 Å². The van der Waals surface area contributed by atoms with Gasteiger partial charge in [-0.3, -0.25) is 4.90 Å². The van der Waals surface area contributed by atoms with E-state index in [9.17, 15) is 8.78 Å². The van der Waals surface area contributed by atoms with Crippen LogP contribution >= 0.6 is 0 Å². The molecule has 1 aromatic carbocycles. The van der Waals surface area contributed by atoms with Gasteiger partial charge < -0.3 is 4.57 Å². The number of aromatic nitrogens is 3. The van der Waals surface area contributed by atoms with Crippen LogP contribution in [-0.2, 0) is 19.5 Å². The van der Waals surface area contributed by atoms with Gasteiger partial charge in [0, 0.05) is 19.2 Å². The minimum atomic E-state index is -0.499. The molecule has 6 heteroatoms. The molecule has 2 aromatic rings. The van der Waals surface area contributed by atoms with Gasteiger partial charge in [-0.25, -0.2) is 8.78 Å². The fraction of sp³-hybridized carbons (Fsp3) is 0.500. The molecule has 0 N–H and O–H groups in total. The van der Waals surface area contributed by atoms with Crippen LogP contribution in [0.3, 0.4) is 0 Å². The molecule has 0 amide bonds. The first kappa shape index (κ1) is 15.1. The van der Waals surface area contributed by atoms with E-state index in [4.69, 9.17) is 0 Å². The SMILES string of the molecule is CCn1cnnc1CN1CCC(Cc2cc(F)cc(F)c2)C1. The first-order valence-electron chi connectivity index (χ1n) is 7.68. The van der Waals surface area contributed by atoms with Gasteiger partial charge in [-0.05, 0) is 49.9 Å². The number of rotatable bonds is 5. The number of nitrogens with zero attached hydrogens (tertiary/aromatic N) is 4. The number of likely N-dealkylation sites (tertiary alicyclic amines) is 1. The van der Waals surface area contributed by atoms with Crippen molar-refractivity contribution < 1.29 is 8.78 Å². The van der Waals surface area contributed by atoms with Crippen LogP contribution in [0.2, 0.25) is 0 Å². The predicted molar refractivity (Wildman–Crippen MR) is 79.1 cm³/mol. The summed E-state index contributed by atoms with van der Waals surface area (Å²) >= 11 is 0. The summed E-state index contributed by atoms with van der Waals surface area (Å²) in [6.07, 6.45) is 3.50. The fourth-order valence-corrected chi connectivity index (χ4v) is 3.15. The Hall–Kier alpha value is -1.82. The van der Waals surface area contributed by atoms with E-state index in [0.29, 0.717) is 12.3 Å². The number of halogens is 2. The molecule has 1 aliphatic heterocycles. The molecule has 0 spiro atoms. The van der Waals surface area contributed by atoms with Gasteiger partial charge >= 0.3 is 0 Å². The molecule has 1 aliphatic rings. The van der Waals surface area contributed by atoms with Crippen molar-refractivity contribution in [3.8, 4) is 0 Å². The smallest absolute Gasteiger partial charge is 0.146 e. The van der Waals surface area contributed by atoms with Crippen molar-refractivity contribution in [1.82, 2.24) is 19.7 Å². The van der Waals surface area contributed by atoms with Crippen molar-refractivity contribution in [1.29, 1.82) is 0 Å². The van der Waals surface area contributed by atoms with Crippen LogP contribution in [-0.4, -0.2) is 32.8 Å². The zero-order chi connectivity index (χ0) is 15.5. The van der Waals surface area contributed by atoms with Crippen molar-refractivity contribution in [2.75, 3.05) is 13.1 Å². The third-order valence-electron chi connectivity index (χ3n) is 4.22. The van der Waals surface area contributed by atoms with Crippen LogP contribution < -0.4 is 0 Å². The highest BCUT2D eigenvalue weighted by molar-refractivity contribution is 5.18. The minimum Gasteiger partial charge on any atom is -0.317 e. The topological polar surface area (TPSA) is 34.0 Å². The lowest BCUT2D eigenvalue weighted by Gasteiger charge is -2.16. The van der Waals surface area contributed by atoms with Gasteiger partial charge in [0.1, 0.15) is 23.8 Å². The number of hydrogen-bond donors (Lipinski definition) is 0. The Kier molecular flexibility index (Phi) is 4.47. The fourth-order valence-electron chi connectivity index (χ4n) is 3.15. The lowest BCUT2D eigenvalue weighted by Crippen LogP contribution is -2.23. The second-order valence-corrected chi connectivity index (χ2v) is 5.90. The van der Waals surface area contributed by atoms with E-state index in [2.05, 4.69) is 22.0 Å². The molecule has 0 radical (unpaired) electrons. The van der Waals surface area contributed by atoms with E-state index >= 15 is 0 Å². The highest BCUT2D eigenvalue weighted by Gasteiger charge is 2.24. The largest absolute Gasteiger partial charge is 0.317 e. The molecule has 1 fully saturated rings. The third kappa shape index (κ3) is 3.50. The Morgan fingerprint density at radius 2 is 2.00 bits per heavy atom. The molecule has 0 bridgehead atoms. The first-order chi connectivity index (χ1) is 10.6. The molecule has 1 saturated heterocycles. The second-order valence-electron chi connectivity index (χ2n) is 5.90. The lowest BCUT2D eigenvalue weighted by atomic mass is 9.98. The average Bonchev–Trinajstić information content (AvgIpc) is 3.07. The predicted octanol–water partition coefficient (Wildman–Crippen LogP) is 2.64. The summed E-state index contributed by atoms with van der Waals surface area (Å²) in [5.41, 5.74) is 0.737. The molecule has 2 heterocycles. The number of aryl methyl sites for hydroxylation is 1. The number of hydrogen-bond acceptors (Lipinski definition) is 3. The Balaban J connectivity index is 1.58. The van der Waals surface area contributed by atoms with Gasteiger partial charge in [0.2, 0.25) is 0 Å². The number of benzene rings is 1. The van der Waals surface area contributed by atoms with E-state index in [1.54, 1.807) is 6.33 Å². The van der Waals surface area contributed by atoms with E-state index in [1.165, 1.54) is 12.1 Å². The summed E-state index contributed by atoms with van der Waals surface area (Å²) in [7, 11) is 0. The van der Waals surface area contributed by atoms with Crippen LogP contribution in [0, 0.1) is 17.6 Å². The molecule has 4 nitrogen and oxygen atoms in total. The van der Waals surface area contributed by atoms with Crippen molar-refractivity contribution in [3.63, 3.8) is 0 Å². The Morgan fingerprint density at radius 3 is 2.73 bits per heavy atom. The van der Waals surface area contributed by atoms with Crippen molar-refractivity contribution >= 4 is 0 Å². The molecule has 0 aliphatic carbocycles. The summed E-state index contributed by atoms with van der Waals surface area (Å²) in [6.45, 7) is 5.62. The van der Waals surface area contributed by atoms with E-state index in [0.717, 1.165) is 50.1 Å². The van der Waals surface area contributed by atoms with Crippen LogP contribution in [0.4, 0.5) is 8.78 Å². The zero-order valence-corrected chi connectivity index (χ0v) is 12.7. The van der Waals surface area contributed by atoms with Gasteiger partial charge in [-0.15, -0.1) is 10.2 Å². The summed E-state index contributed by atoms with van der Waals surface area (Å²) in [5.74, 6) is 0.404. The summed E-state index contributed by atoms with van der Waals surface area (Å²) < 4.78 is 28.5. The van der Waals surface area contributed by atoms with E-state index in [1.807, 2.05) is 4.57 Å². The maximum Gasteiger partial charge on any atom is 0.146 e. The van der Waals surface area contributed by atoms with Crippen molar-refractivity contribution in [2.24, 2.45) is 5.92 Å². The third-order valence-corrected chi connectivity index (χ3v) is 4.22. The molecule has 118 valence electrons. The normalized spacial score (nSPS) is 19.0. The molecule has 1 atom stereocenters. The lowest BCUT2D eigenvalue weighted by molar-refractivity contribution is 0.303. The molecule has 1 aromatic heterocycles. The molecular formula is C16H20F2N4. The Morgan fingerprint density at radius 1 is 1.23 bits per heavy atom. The highest BCUT2D eigenvalue weighted by atomic mass is 19.1. The van der Waals surface area contributed by atoms with Crippen LogP contribution in [0.25, 0.3) is 0 Å². The van der Waals surface area contributed by atoms with Crippen LogP contribution in [0.15, 0.2) is 24.5 Å². The molecular weight excluding hydrogens is 286 g/mol. The van der Waals surface area contributed by atoms with Gasteiger partial charge in [-0.2, -0.15) is 0 Å². The monoisotopic (exact) mass is 306 g/mol. The summed E-state index contributed by atoms with van der Waals surface area (Å²) in [4.78, 5) is 2.33. The zero-order valence-electron chi connectivity index (χ0n) is 12.7. The molecule has 0 saturated carbocycles. The summed E-state index contributed by atoms with van der Waals surface area (Å²) in [6, 6.07) is 3.78. The maximum absolute atomic E-state index is 13.2. The van der Waals surface area contributed by atoms with Crippen molar-refractivity contribution in [3.05, 3.63) is 47.5 Å². The molecule has 3 rings (SSSR count). The van der Waals surface area contributed by atoms with Gasteiger partial charge in [0.25, 0.3) is 0 Å². The minimum absolute atomic E-state index is 0.430. The van der Waals surface area contributed by atoms with Crippen LogP contribution in [0.5, 0.6) is 0 Å². The highest BCUT2D eigenvalue weighted by Crippen LogP contribution is 2.23.